The summed E-state index contributed by atoms with van der Waals surface area (Å²) in [5.41, 5.74) is 1.54. The average molecular weight is 435 g/mol. The molecule has 0 aliphatic carbocycles. The van der Waals surface area contributed by atoms with Gasteiger partial charge in [0.1, 0.15) is 29.7 Å². The molecule has 3 heterocycles. The molecule has 1 aliphatic rings. The zero-order valence-corrected chi connectivity index (χ0v) is 16.7. The molecule has 0 radical (unpaired) electrons. The minimum atomic E-state index is -1.22. The van der Waals surface area contributed by atoms with Crippen LogP contribution in [-0.4, -0.2) is 65.7 Å². The van der Waals surface area contributed by atoms with E-state index in [0.717, 1.165) is 16.0 Å². The van der Waals surface area contributed by atoms with Gasteiger partial charge < -0.3 is 20.1 Å². The van der Waals surface area contributed by atoms with Crippen molar-refractivity contribution in [1.82, 2.24) is 19.7 Å². The lowest BCUT2D eigenvalue weighted by Crippen LogP contribution is -2.33. The predicted molar refractivity (Wildman–Crippen MR) is 110 cm³/mol. The van der Waals surface area contributed by atoms with E-state index in [1.165, 1.54) is 22.8 Å². The van der Waals surface area contributed by atoms with Crippen LogP contribution >= 0.6 is 23.4 Å². The molecule has 152 valence electrons. The zero-order chi connectivity index (χ0) is 20.4. The molecule has 1 unspecified atom stereocenters. The SMILES string of the molecule is OC[C@H]1OC(n2ncc3c(SC/C=C/c4ccc(Cl)cc4)ncnc32)[C@H](O)[C@@H]1O. The molecule has 0 spiro atoms. The maximum absolute atomic E-state index is 10.2. The zero-order valence-electron chi connectivity index (χ0n) is 15.2. The fourth-order valence-electron chi connectivity index (χ4n) is 3.11. The van der Waals surface area contributed by atoms with Gasteiger partial charge in [0.25, 0.3) is 0 Å². The molecule has 1 aromatic carbocycles. The number of aliphatic hydroxyl groups excluding tert-OH is 3. The number of hydrogen-bond acceptors (Lipinski definition) is 8. The largest absolute Gasteiger partial charge is 0.394 e. The predicted octanol–water partition coefficient (Wildman–Crippen LogP) is 1.90. The molecule has 0 bridgehead atoms. The van der Waals surface area contributed by atoms with Crippen molar-refractivity contribution in [3.8, 4) is 0 Å². The van der Waals surface area contributed by atoms with Crippen LogP contribution < -0.4 is 0 Å². The molecular formula is C19H19ClN4O4S. The third-order valence-corrected chi connectivity index (χ3v) is 5.82. The van der Waals surface area contributed by atoms with Crippen LogP contribution in [0.4, 0.5) is 0 Å². The molecule has 1 fully saturated rings. The first-order chi connectivity index (χ1) is 14.1. The minimum absolute atomic E-state index is 0.399. The van der Waals surface area contributed by atoms with Gasteiger partial charge in [-0.25, -0.2) is 14.6 Å². The monoisotopic (exact) mass is 434 g/mol. The van der Waals surface area contributed by atoms with Crippen LogP contribution in [0.25, 0.3) is 17.1 Å². The Morgan fingerprint density at radius 1 is 1.17 bits per heavy atom. The van der Waals surface area contributed by atoms with Gasteiger partial charge in [-0.1, -0.05) is 35.9 Å². The smallest absolute Gasteiger partial charge is 0.181 e. The van der Waals surface area contributed by atoms with Crippen molar-refractivity contribution in [3.05, 3.63) is 53.5 Å². The van der Waals surface area contributed by atoms with Gasteiger partial charge in [-0.3, -0.25) is 0 Å². The lowest BCUT2D eigenvalue weighted by Gasteiger charge is -2.15. The normalized spacial score (nSPS) is 24.7. The molecule has 4 rings (SSSR count). The number of ether oxygens (including phenoxy) is 1. The fourth-order valence-corrected chi connectivity index (χ4v) is 4.01. The summed E-state index contributed by atoms with van der Waals surface area (Å²) in [6.07, 6.45) is 2.84. The third-order valence-electron chi connectivity index (χ3n) is 4.61. The first-order valence-corrected chi connectivity index (χ1v) is 10.3. The van der Waals surface area contributed by atoms with Gasteiger partial charge in [0.2, 0.25) is 0 Å². The van der Waals surface area contributed by atoms with Gasteiger partial charge in [-0.15, -0.1) is 11.8 Å². The number of aromatic nitrogens is 4. The van der Waals surface area contributed by atoms with Crippen molar-refractivity contribution >= 4 is 40.5 Å². The number of hydrogen-bond donors (Lipinski definition) is 3. The molecule has 3 N–H and O–H groups in total. The van der Waals surface area contributed by atoms with Crippen LogP contribution in [0, 0.1) is 0 Å². The molecule has 29 heavy (non-hydrogen) atoms. The summed E-state index contributed by atoms with van der Waals surface area (Å²) in [5, 5.41) is 35.9. The molecule has 1 saturated heterocycles. The summed E-state index contributed by atoms with van der Waals surface area (Å²) in [7, 11) is 0. The van der Waals surface area contributed by atoms with Crippen LogP contribution in [0.15, 0.2) is 47.9 Å². The second kappa shape index (κ2) is 8.78. The van der Waals surface area contributed by atoms with Crippen LogP contribution in [0.3, 0.4) is 0 Å². The van der Waals surface area contributed by atoms with E-state index in [2.05, 4.69) is 15.1 Å². The Bertz CT molecular complexity index is 1010. The second-order valence-corrected chi connectivity index (χ2v) is 7.94. The Morgan fingerprint density at radius 3 is 2.69 bits per heavy atom. The van der Waals surface area contributed by atoms with Crippen molar-refractivity contribution < 1.29 is 20.1 Å². The number of nitrogens with zero attached hydrogens (tertiary/aromatic N) is 4. The van der Waals surface area contributed by atoms with E-state index in [-0.39, 0.29) is 0 Å². The van der Waals surface area contributed by atoms with E-state index in [0.29, 0.717) is 16.4 Å². The number of rotatable bonds is 6. The Balaban J connectivity index is 1.50. The van der Waals surface area contributed by atoms with Gasteiger partial charge in [-0.2, -0.15) is 5.10 Å². The summed E-state index contributed by atoms with van der Waals surface area (Å²) in [5.74, 6) is 0.688. The molecule has 0 saturated carbocycles. The third kappa shape index (κ3) is 4.16. The van der Waals surface area contributed by atoms with Gasteiger partial charge >= 0.3 is 0 Å². The number of benzene rings is 1. The van der Waals surface area contributed by atoms with E-state index >= 15 is 0 Å². The fraction of sp³-hybridized carbons (Fsp3) is 0.316. The van der Waals surface area contributed by atoms with Gasteiger partial charge in [0, 0.05) is 10.8 Å². The Kier molecular flexibility index (Phi) is 6.14. The standard InChI is InChI=1S/C19H19ClN4O4S/c20-12-5-3-11(4-6-12)2-1-7-29-18-13-8-23-24(17(13)21-10-22-18)19-16(27)15(26)14(9-25)28-19/h1-6,8,10,14-16,19,25-27H,7,9H2/b2-1+/t14-,15-,16-,19?/m1/s1. The number of fused-ring (bicyclic) bond motifs is 1. The van der Waals surface area contributed by atoms with Crippen molar-refractivity contribution in [2.24, 2.45) is 0 Å². The summed E-state index contributed by atoms with van der Waals surface area (Å²) in [6.45, 7) is -0.399. The van der Waals surface area contributed by atoms with Crippen LogP contribution in [0.2, 0.25) is 5.02 Å². The van der Waals surface area contributed by atoms with Crippen LogP contribution in [0.5, 0.6) is 0 Å². The van der Waals surface area contributed by atoms with E-state index < -0.39 is 31.1 Å². The molecule has 1 aliphatic heterocycles. The Labute approximate surface area is 175 Å². The summed E-state index contributed by atoms with van der Waals surface area (Å²) >= 11 is 7.41. The first kappa shape index (κ1) is 20.3. The summed E-state index contributed by atoms with van der Waals surface area (Å²) in [6, 6.07) is 7.57. The highest BCUT2D eigenvalue weighted by atomic mass is 35.5. The Hall–Kier alpha value is -2.01. The lowest BCUT2D eigenvalue weighted by atomic mass is 10.1. The van der Waals surface area contributed by atoms with Crippen molar-refractivity contribution in [2.75, 3.05) is 12.4 Å². The van der Waals surface area contributed by atoms with E-state index in [4.69, 9.17) is 16.3 Å². The highest BCUT2D eigenvalue weighted by molar-refractivity contribution is 7.99. The second-order valence-electron chi connectivity index (χ2n) is 6.50. The number of halogens is 1. The van der Waals surface area contributed by atoms with Crippen LogP contribution in [-0.2, 0) is 4.74 Å². The van der Waals surface area contributed by atoms with Gasteiger partial charge in [0.05, 0.1) is 18.2 Å². The molecule has 10 heteroatoms. The summed E-state index contributed by atoms with van der Waals surface area (Å²) < 4.78 is 6.96. The summed E-state index contributed by atoms with van der Waals surface area (Å²) in [4.78, 5) is 8.57. The van der Waals surface area contributed by atoms with E-state index in [9.17, 15) is 15.3 Å². The maximum Gasteiger partial charge on any atom is 0.181 e. The number of thioether (sulfide) groups is 1. The van der Waals surface area contributed by atoms with E-state index in [1.54, 1.807) is 6.20 Å². The van der Waals surface area contributed by atoms with Crippen molar-refractivity contribution in [1.29, 1.82) is 0 Å². The van der Waals surface area contributed by atoms with Crippen molar-refractivity contribution in [3.63, 3.8) is 0 Å². The highest BCUT2D eigenvalue weighted by Gasteiger charge is 2.44. The quantitative estimate of drug-likeness (QED) is 0.398. The lowest BCUT2D eigenvalue weighted by molar-refractivity contribution is -0.0566. The molecule has 3 aromatic rings. The topological polar surface area (TPSA) is 114 Å². The van der Waals surface area contributed by atoms with Gasteiger partial charge in [0.15, 0.2) is 11.9 Å². The molecule has 0 amide bonds. The highest BCUT2D eigenvalue weighted by Crippen LogP contribution is 2.32. The van der Waals surface area contributed by atoms with Crippen molar-refractivity contribution in [2.45, 2.75) is 29.6 Å². The molecule has 4 atom stereocenters. The molecular weight excluding hydrogens is 416 g/mol. The Morgan fingerprint density at radius 2 is 1.97 bits per heavy atom. The average Bonchev–Trinajstić information content (AvgIpc) is 3.28. The molecule has 8 nitrogen and oxygen atoms in total. The first-order valence-electron chi connectivity index (χ1n) is 8.94. The van der Waals surface area contributed by atoms with E-state index in [1.807, 2.05) is 36.4 Å². The van der Waals surface area contributed by atoms with Gasteiger partial charge in [-0.05, 0) is 17.7 Å². The maximum atomic E-state index is 10.2. The minimum Gasteiger partial charge on any atom is -0.394 e. The van der Waals surface area contributed by atoms with Crippen LogP contribution in [0.1, 0.15) is 11.8 Å². The molecule has 2 aromatic heterocycles. The number of aliphatic hydroxyl groups is 3.